The number of nitrogens with zero attached hydrogens (tertiary/aromatic N) is 2. The fraction of sp³-hybridized carbons (Fsp3) is 0.500. The number of hydrogen-bond donors (Lipinski definition) is 2. The SMILES string of the molecule is Oc1ccc2onc(NCCCN3CCOCC3)c2c1. The van der Waals surface area contributed by atoms with Gasteiger partial charge < -0.3 is 19.7 Å². The van der Waals surface area contributed by atoms with Crippen molar-refractivity contribution in [2.45, 2.75) is 6.42 Å². The predicted molar refractivity (Wildman–Crippen MR) is 76.0 cm³/mol. The summed E-state index contributed by atoms with van der Waals surface area (Å²) in [6.45, 7) is 5.58. The third kappa shape index (κ3) is 3.02. The van der Waals surface area contributed by atoms with E-state index in [1.807, 2.05) is 0 Å². The number of phenols is 1. The molecule has 0 radical (unpaired) electrons. The number of rotatable bonds is 5. The summed E-state index contributed by atoms with van der Waals surface area (Å²) in [4.78, 5) is 2.40. The van der Waals surface area contributed by atoms with Crippen LogP contribution < -0.4 is 5.32 Å². The van der Waals surface area contributed by atoms with Gasteiger partial charge in [-0.15, -0.1) is 0 Å². The highest BCUT2D eigenvalue weighted by atomic mass is 16.5. The van der Waals surface area contributed by atoms with Crippen molar-refractivity contribution < 1.29 is 14.4 Å². The zero-order valence-electron chi connectivity index (χ0n) is 11.3. The quantitative estimate of drug-likeness (QED) is 0.810. The van der Waals surface area contributed by atoms with Crippen LogP contribution in [0.15, 0.2) is 22.7 Å². The molecule has 0 aliphatic carbocycles. The minimum atomic E-state index is 0.220. The molecule has 0 spiro atoms. The van der Waals surface area contributed by atoms with E-state index < -0.39 is 0 Å². The van der Waals surface area contributed by atoms with Gasteiger partial charge >= 0.3 is 0 Å². The number of anilines is 1. The van der Waals surface area contributed by atoms with Crippen LogP contribution in [0.4, 0.5) is 5.82 Å². The van der Waals surface area contributed by atoms with Crippen molar-refractivity contribution in [1.29, 1.82) is 0 Å². The van der Waals surface area contributed by atoms with E-state index in [9.17, 15) is 5.11 Å². The molecule has 3 rings (SSSR count). The molecule has 1 aliphatic rings. The van der Waals surface area contributed by atoms with E-state index in [1.54, 1.807) is 18.2 Å². The highest BCUT2D eigenvalue weighted by molar-refractivity contribution is 5.89. The summed E-state index contributed by atoms with van der Waals surface area (Å²) >= 11 is 0. The minimum Gasteiger partial charge on any atom is -0.508 e. The van der Waals surface area contributed by atoms with Gasteiger partial charge in [-0.05, 0) is 31.2 Å². The van der Waals surface area contributed by atoms with Crippen LogP contribution in [0.3, 0.4) is 0 Å². The average Bonchev–Trinajstić information content (AvgIpc) is 2.87. The Morgan fingerprint density at radius 2 is 2.15 bits per heavy atom. The topological polar surface area (TPSA) is 70.8 Å². The first-order valence-electron chi connectivity index (χ1n) is 6.95. The Bertz CT molecular complexity index is 564. The Kier molecular flexibility index (Phi) is 4.03. The Balaban J connectivity index is 1.50. The average molecular weight is 277 g/mol. The van der Waals surface area contributed by atoms with Crippen LogP contribution in [0.5, 0.6) is 5.75 Å². The summed E-state index contributed by atoms with van der Waals surface area (Å²) in [7, 11) is 0. The molecule has 2 heterocycles. The van der Waals surface area contributed by atoms with Crippen molar-refractivity contribution in [3.63, 3.8) is 0 Å². The Morgan fingerprint density at radius 1 is 1.30 bits per heavy atom. The smallest absolute Gasteiger partial charge is 0.177 e. The lowest BCUT2D eigenvalue weighted by Crippen LogP contribution is -2.37. The van der Waals surface area contributed by atoms with Crippen LogP contribution in [0.25, 0.3) is 11.0 Å². The van der Waals surface area contributed by atoms with Gasteiger partial charge in [0.1, 0.15) is 5.75 Å². The number of fused-ring (bicyclic) bond motifs is 1. The lowest BCUT2D eigenvalue weighted by molar-refractivity contribution is 0.0378. The highest BCUT2D eigenvalue weighted by Gasteiger charge is 2.10. The maximum absolute atomic E-state index is 9.50. The molecular weight excluding hydrogens is 258 g/mol. The first-order chi connectivity index (χ1) is 9.83. The third-order valence-electron chi connectivity index (χ3n) is 3.50. The van der Waals surface area contributed by atoms with Gasteiger partial charge in [-0.25, -0.2) is 0 Å². The van der Waals surface area contributed by atoms with Crippen LogP contribution in [0.2, 0.25) is 0 Å². The van der Waals surface area contributed by atoms with Crippen LogP contribution >= 0.6 is 0 Å². The summed E-state index contributed by atoms with van der Waals surface area (Å²) < 4.78 is 10.5. The van der Waals surface area contributed by atoms with Crippen LogP contribution in [0, 0.1) is 0 Å². The molecule has 0 atom stereocenters. The van der Waals surface area contributed by atoms with E-state index in [0.29, 0.717) is 11.4 Å². The standard InChI is InChI=1S/C14H19N3O3/c18-11-2-3-13-12(10-11)14(16-20-13)15-4-1-5-17-6-8-19-9-7-17/h2-3,10,18H,1,4-9H2,(H,15,16). The number of hydrogen-bond acceptors (Lipinski definition) is 6. The number of aromatic nitrogens is 1. The first-order valence-corrected chi connectivity index (χ1v) is 6.95. The second-order valence-corrected chi connectivity index (χ2v) is 4.95. The molecule has 108 valence electrons. The molecule has 1 saturated heterocycles. The number of aromatic hydroxyl groups is 1. The van der Waals surface area contributed by atoms with Crippen molar-refractivity contribution in [1.82, 2.24) is 10.1 Å². The molecule has 0 bridgehead atoms. The molecule has 0 amide bonds. The summed E-state index contributed by atoms with van der Waals surface area (Å²) in [6, 6.07) is 4.97. The second-order valence-electron chi connectivity index (χ2n) is 4.95. The van der Waals surface area contributed by atoms with Crippen molar-refractivity contribution >= 4 is 16.8 Å². The van der Waals surface area contributed by atoms with Gasteiger partial charge in [-0.2, -0.15) is 0 Å². The molecule has 0 unspecified atom stereocenters. The second kappa shape index (κ2) is 6.11. The Morgan fingerprint density at radius 3 is 3.00 bits per heavy atom. The number of morpholine rings is 1. The summed E-state index contributed by atoms with van der Waals surface area (Å²) in [6.07, 6.45) is 1.03. The molecule has 1 fully saturated rings. The molecule has 20 heavy (non-hydrogen) atoms. The van der Waals surface area contributed by atoms with Gasteiger partial charge in [-0.3, -0.25) is 4.90 Å². The highest BCUT2D eigenvalue weighted by Crippen LogP contribution is 2.26. The fourth-order valence-electron chi connectivity index (χ4n) is 2.39. The first kappa shape index (κ1) is 13.2. The Labute approximate surface area is 117 Å². The summed E-state index contributed by atoms with van der Waals surface area (Å²) in [5.74, 6) is 0.912. The van der Waals surface area contributed by atoms with Crippen molar-refractivity contribution in [3.8, 4) is 5.75 Å². The molecule has 1 aromatic carbocycles. The van der Waals surface area contributed by atoms with Crippen molar-refractivity contribution in [2.24, 2.45) is 0 Å². The number of benzene rings is 1. The van der Waals surface area contributed by atoms with Crippen molar-refractivity contribution in [3.05, 3.63) is 18.2 Å². The molecule has 2 aromatic rings. The van der Waals surface area contributed by atoms with Crippen molar-refractivity contribution in [2.75, 3.05) is 44.7 Å². The largest absolute Gasteiger partial charge is 0.508 e. The van der Waals surface area contributed by atoms with Gasteiger partial charge in [0.2, 0.25) is 0 Å². The maximum atomic E-state index is 9.50. The molecule has 1 aromatic heterocycles. The van der Waals surface area contributed by atoms with Crippen LogP contribution in [-0.2, 0) is 4.74 Å². The third-order valence-corrected chi connectivity index (χ3v) is 3.50. The number of ether oxygens (including phenoxy) is 1. The van der Waals surface area contributed by atoms with E-state index in [4.69, 9.17) is 9.26 Å². The maximum Gasteiger partial charge on any atom is 0.177 e. The molecule has 0 saturated carbocycles. The zero-order valence-corrected chi connectivity index (χ0v) is 11.3. The zero-order chi connectivity index (χ0) is 13.8. The van der Waals surface area contributed by atoms with E-state index in [0.717, 1.165) is 51.2 Å². The predicted octanol–water partition coefficient (Wildman–Crippen LogP) is 1.67. The number of nitrogens with one attached hydrogen (secondary N) is 1. The number of phenolic OH excluding ortho intramolecular Hbond substituents is 1. The fourth-order valence-corrected chi connectivity index (χ4v) is 2.39. The molecule has 1 aliphatic heterocycles. The van der Waals surface area contributed by atoms with Gasteiger partial charge in [0.25, 0.3) is 0 Å². The van der Waals surface area contributed by atoms with Gasteiger partial charge in [0.05, 0.1) is 18.6 Å². The summed E-state index contributed by atoms with van der Waals surface area (Å²) in [5, 5.41) is 17.6. The monoisotopic (exact) mass is 277 g/mol. The van der Waals surface area contributed by atoms with Crippen LogP contribution in [0.1, 0.15) is 6.42 Å². The van der Waals surface area contributed by atoms with E-state index in [2.05, 4.69) is 15.4 Å². The summed E-state index contributed by atoms with van der Waals surface area (Å²) in [5.41, 5.74) is 0.679. The van der Waals surface area contributed by atoms with Gasteiger partial charge in [0.15, 0.2) is 11.4 Å². The van der Waals surface area contributed by atoms with E-state index in [1.165, 1.54) is 0 Å². The van der Waals surface area contributed by atoms with Crippen LogP contribution in [-0.4, -0.2) is 54.6 Å². The molecular formula is C14H19N3O3. The normalized spacial score (nSPS) is 16.6. The lowest BCUT2D eigenvalue weighted by Gasteiger charge is -2.26. The van der Waals surface area contributed by atoms with Gasteiger partial charge in [-0.1, -0.05) is 5.16 Å². The molecule has 6 nitrogen and oxygen atoms in total. The van der Waals surface area contributed by atoms with E-state index >= 15 is 0 Å². The minimum absolute atomic E-state index is 0.220. The van der Waals surface area contributed by atoms with Gasteiger partial charge in [0, 0.05) is 19.6 Å². The van der Waals surface area contributed by atoms with E-state index in [-0.39, 0.29) is 5.75 Å². The Hall–Kier alpha value is -1.79. The lowest BCUT2D eigenvalue weighted by atomic mass is 10.2. The molecule has 2 N–H and O–H groups in total. The molecule has 6 heteroatoms.